The Morgan fingerprint density at radius 3 is 1.95 bits per heavy atom. The van der Waals surface area contributed by atoms with Crippen LogP contribution in [0, 0.1) is 0 Å². The van der Waals surface area contributed by atoms with Crippen LogP contribution in [0.4, 0.5) is 0 Å². The number of benzene rings is 2. The number of carbonyl (C=O) groups excluding carboxylic acids is 3. The average Bonchev–Trinajstić information content (AvgIpc) is 2.88. The van der Waals surface area contributed by atoms with Gasteiger partial charge < -0.3 is 43.4 Å². The summed E-state index contributed by atoms with van der Waals surface area (Å²) in [5, 5.41) is 29.1. The smallest absolute Gasteiger partial charge is 0.243 e. The van der Waals surface area contributed by atoms with Gasteiger partial charge in [0.25, 0.3) is 0 Å². The lowest BCUT2D eigenvalue weighted by molar-refractivity contribution is -0.132. The van der Waals surface area contributed by atoms with Gasteiger partial charge in [0.2, 0.25) is 17.7 Å². The van der Waals surface area contributed by atoms with Crippen LogP contribution in [0.3, 0.4) is 0 Å². The lowest BCUT2D eigenvalue weighted by Gasteiger charge is -2.24. The number of hydrogen-bond acceptors (Lipinski definition) is 8. The van der Waals surface area contributed by atoms with E-state index in [1.807, 2.05) is 0 Å². The van der Waals surface area contributed by atoms with Gasteiger partial charge in [-0.05, 0) is 78.9 Å². The van der Waals surface area contributed by atoms with Crippen LogP contribution in [0.5, 0.6) is 11.5 Å². The molecule has 40 heavy (non-hydrogen) atoms. The van der Waals surface area contributed by atoms with Crippen molar-refractivity contribution in [3.8, 4) is 22.6 Å². The molecule has 0 unspecified atom stereocenters. The third-order valence-corrected chi connectivity index (χ3v) is 6.34. The molecule has 1 aliphatic heterocycles. The lowest BCUT2D eigenvalue weighted by atomic mass is 9.95. The van der Waals surface area contributed by atoms with Crippen molar-refractivity contribution in [2.24, 2.45) is 17.2 Å². The third kappa shape index (κ3) is 9.99. The predicted molar refractivity (Wildman–Crippen MR) is 161 cm³/mol. The molecule has 11 N–H and O–H groups in total. The van der Waals surface area contributed by atoms with Crippen molar-refractivity contribution in [2.75, 3.05) is 19.6 Å². The molecule has 0 aromatic heterocycles. The van der Waals surface area contributed by atoms with Crippen molar-refractivity contribution >= 4 is 54.9 Å². The zero-order valence-corrected chi connectivity index (χ0v) is 24.4. The third-order valence-electron chi connectivity index (χ3n) is 6.34. The SMILES string of the molecule is Cl.Cl.Cl.NCCCNC(=O)[C@@H]1Cc2cc(ccc2O)-c2ccc(O)c(c2)C[C@H](N)C(=O)N[C@@H](CCCN)C(=O)N1. The number of nitrogens with one attached hydrogen (secondary N) is 3. The van der Waals surface area contributed by atoms with Gasteiger partial charge in [-0.15, -0.1) is 37.2 Å². The average molecular weight is 622 g/mol. The van der Waals surface area contributed by atoms with E-state index in [9.17, 15) is 24.6 Å². The number of rotatable bonds is 7. The molecule has 3 amide bonds. The summed E-state index contributed by atoms with van der Waals surface area (Å²) in [6.45, 7) is 1.02. The first-order chi connectivity index (χ1) is 17.7. The van der Waals surface area contributed by atoms with Gasteiger partial charge >= 0.3 is 0 Å². The number of hydrogen-bond donors (Lipinski definition) is 8. The fourth-order valence-electron chi connectivity index (χ4n) is 4.19. The molecule has 4 bridgehead atoms. The number of halogens is 3. The van der Waals surface area contributed by atoms with E-state index < -0.39 is 35.8 Å². The first-order valence-electron chi connectivity index (χ1n) is 12.4. The van der Waals surface area contributed by atoms with Gasteiger partial charge in [0.1, 0.15) is 23.6 Å². The minimum absolute atomic E-state index is 0. The fraction of sp³-hybridized carbons (Fsp3) is 0.423. The molecule has 14 heteroatoms. The van der Waals surface area contributed by atoms with E-state index in [0.29, 0.717) is 43.6 Å². The van der Waals surface area contributed by atoms with E-state index in [-0.39, 0.29) is 68.0 Å². The molecular formula is C26H39Cl3N6O5. The number of nitrogens with two attached hydrogens (primary N) is 3. The van der Waals surface area contributed by atoms with Crippen molar-refractivity contribution in [1.29, 1.82) is 0 Å². The first-order valence-corrected chi connectivity index (χ1v) is 12.4. The second-order valence-electron chi connectivity index (χ2n) is 9.19. The quantitative estimate of drug-likeness (QED) is 0.205. The Morgan fingerprint density at radius 1 is 0.850 bits per heavy atom. The van der Waals surface area contributed by atoms with Crippen LogP contribution < -0.4 is 33.2 Å². The highest BCUT2D eigenvalue weighted by molar-refractivity contribution is 5.93. The second kappa shape index (κ2) is 17.8. The molecule has 2 aromatic rings. The van der Waals surface area contributed by atoms with Crippen molar-refractivity contribution in [3.05, 3.63) is 47.5 Å². The van der Waals surface area contributed by atoms with E-state index >= 15 is 0 Å². The second-order valence-corrected chi connectivity index (χ2v) is 9.19. The Morgan fingerprint density at radius 2 is 1.40 bits per heavy atom. The molecule has 0 spiro atoms. The maximum absolute atomic E-state index is 13.3. The summed E-state index contributed by atoms with van der Waals surface area (Å²) in [5.74, 6) is -1.62. The molecule has 0 saturated carbocycles. The van der Waals surface area contributed by atoms with Gasteiger partial charge in [-0.1, -0.05) is 12.1 Å². The van der Waals surface area contributed by atoms with Crippen molar-refractivity contribution < 1.29 is 24.6 Å². The van der Waals surface area contributed by atoms with Gasteiger partial charge in [0, 0.05) is 19.4 Å². The Balaban J connectivity index is 0.00000507. The Bertz CT molecular complexity index is 1140. The maximum Gasteiger partial charge on any atom is 0.243 e. The molecule has 1 aliphatic rings. The summed E-state index contributed by atoms with van der Waals surface area (Å²) in [6.07, 6.45) is 1.29. The standard InChI is InChI=1S/C26H36N6O5.3ClH/c27-8-1-3-20-26(37)32-21(25(36)30-10-2-9-28)14-18-12-16(5-7-23(18)34)15-4-6-22(33)17(11-15)13-19(29)24(35)31-20;;;/h4-7,11-12,19-21,33-34H,1-3,8-10,13-14,27-29H2,(H,30,36)(H,31,35)(H,32,37);3*1H/t19-,20-,21-;;;/m0.../s1. The number of carbonyl (C=O) groups is 3. The van der Waals surface area contributed by atoms with Crippen LogP contribution in [-0.2, 0) is 27.2 Å². The highest BCUT2D eigenvalue weighted by atomic mass is 35.5. The zero-order valence-electron chi connectivity index (χ0n) is 21.9. The summed E-state index contributed by atoms with van der Waals surface area (Å²) in [6, 6.07) is 6.86. The van der Waals surface area contributed by atoms with Gasteiger partial charge in [0.15, 0.2) is 0 Å². The summed E-state index contributed by atoms with van der Waals surface area (Å²) in [7, 11) is 0. The van der Waals surface area contributed by atoms with Crippen LogP contribution in [-0.4, -0.2) is 65.7 Å². The molecule has 0 radical (unpaired) electrons. The highest BCUT2D eigenvalue weighted by Gasteiger charge is 2.29. The predicted octanol–water partition coefficient (Wildman–Crippen LogP) is 0.630. The summed E-state index contributed by atoms with van der Waals surface area (Å²) in [5.41, 5.74) is 19.7. The summed E-state index contributed by atoms with van der Waals surface area (Å²) >= 11 is 0. The van der Waals surface area contributed by atoms with Crippen molar-refractivity contribution in [2.45, 2.75) is 50.2 Å². The molecule has 224 valence electrons. The molecule has 0 saturated heterocycles. The van der Waals surface area contributed by atoms with Crippen LogP contribution >= 0.6 is 37.2 Å². The van der Waals surface area contributed by atoms with Crippen molar-refractivity contribution in [3.63, 3.8) is 0 Å². The summed E-state index contributed by atoms with van der Waals surface area (Å²) < 4.78 is 0. The van der Waals surface area contributed by atoms with Crippen LogP contribution in [0.2, 0.25) is 0 Å². The maximum atomic E-state index is 13.3. The highest BCUT2D eigenvalue weighted by Crippen LogP contribution is 2.30. The van der Waals surface area contributed by atoms with Crippen LogP contribution in [0.25, 0.3) is 11.1 Å². The number of amides is 3. The largest absolute Gasteiger partial charge is 0.508 e. The van der Waals surface area contributed by atoms with E-state index in [1.165, 1.54) is 12.1 Å². The number of phenols is 2. The Hall–Kier alpha value is -2.80. The van der Waals surface area contributed by atoms with E-state index in [2.05, 4.69) is 16.0 Å². The minimum atomic E-state index is -1.04. The number of fused-ring (bicyclic) bond motifs is 5. The zero-order chi connectivity index (χ0) is 26.9. The van der Waals surface area contributed by atoms with Gasteiger partial charge in [-0.2, -0.15) is 0 Å². The normalized spacial score (nSPS) is 18.7. The fourth-order valence-corrected chi connectivity index (χ4v) is 4.19. The lowest BCUT2D eigenvalue weighted by Crippen LogP contribution is -2.56. The van der Waals surface area contributed by atoms with E-state index in [0.717, 1.165) is 11.1 Å². The topological polar surface area (TPSA) is 206 Å². The molecule has 0 fully saturated rings. The molecule has 11 nitrogen and oxygen atoms in total. The Labute approximate surface area is 252 Å². The molecule has 3 rings (SSSR count). The monoisotopic (exact) mass is 620 g/mol. The van der Waals surface area contributed by atoms with Gasteiger partial charge in [-0.3, -0.25) is 14.4 Å². The van der Waals surface area contributed by atoms with Gasteiger partial charge in [-0.25, -0.2) is 0 Å². The van der Waals surface area contributed by atoms with E-state index in [1.54, 1.807) is 24.3 Å². The molecular weight excluding hydrogens is 583 g/mol. The summed E-state index contributed by atoms with van der Waals surface area (Å²) in [4.78, 5) is 39.2. The molecule has 0 aliphatic carbocycles. The van der Waals surface area contributed by atoms with Crippen LogP contribution in [0.1, 0.15) is 30.4 Å². The number of phenolic OH excluding ortho intramolecular Hbond substituents is 2. The van der Waals surface area contributed by atoms with Gasteiger partial charge in [0.05, 0.1) is 6.04 Å². The molecule has 2 aromatic carbocycles. The van der Waals surface area contributed by atoms with Crippen molar-refractivity contribution in [1.82, 2.24) is 16.0 Å². The molecule has 3 atom stereocenters. The number of aromatic hydroxyl groups is 2. The molecule has 1 heterocycles. The first kappa shape index (κ1) is 37.2. The van der Waals surface area contributed by atoms with E-state index in [4.69, 9.17) is 17.2 Å². The minimum Gasteiger partial charge on any atom is -0.508 e. The van der Waals surface area contributed by atoms with Crippen LogP contribution in [0.15, 0.2) is 36.4 Å². The Kier molecular flexibility index (Phi) is 16.6.